The van der Waals surface area contributed by atoms with Crippen LogP contribution in [0, 0.1) is 0 Å². The van der Waals surface area contributed by atoms with Gasteiger partial charge in [-0.15, -0.1) is 0 Å². The highest BCUT2D eigenvalue weighted by Crippen LogP contribution is 2.31. The summed E-state index contributed by atoms with van der Waals surface area (Å²) in [6, 6.07) is -0.424. The van der Waals surface area contributed by atoms with Crippen molar-refractivity contribution in [1.29, 1.82) is 0 Å². The molecule has 0 bridgehead atoms. The lowest BCUT2D eigenvalue weighted by atomic mass is 10.1. The topological polar surface area (TPSA) is 107 Å². The summed E-state index contributed by atoms with van der Waals surface area (Å²) in [6.07, 6.45) is -1.12. The Hall–Kier alpha value is -1.88. The molecule has 1 aliphatic carbocycles. The van der Waals surface area contributed by atoms with Crippen LogP contribution < -0.4 is 5.32 Å². The molecule has 0 spiro atoms. The molecular formula is C18H28N2O7Si. The molecule has 3 aliphatic rings. The second kappa shape index (κ2) is 7.86. The minimum Gasteiger partial charge on any atom is -0.431 e. The van der Waals surface area contributed by atoms with Crippen molar-refractivity contribution >= 4 is 20.5 Å². The number of aliphatic hydroxyl groups excluding tert-OH is 1. The molecular weight excluding hydrogens is 384 g/mol. The van der Waals surface area contributed by atoms with Crippen molar-refractivity contribution in [3.05, 3.63) is 24.0 Å². The van der Waals surface area contributed by atoms with E-state index in [1.54, 1.807) is 6.20 Å². The van der Waals surface area contributed by atoms with Gasteiger partial charge >= 0.3 is 12.2 Å². The molecule has 28 heavy (non-hydrogen) atoms. The lowest BCUT2D eigenvalue weighted by molar-refractivity contribution is -0.0713. The number of allylic oxidation sites excluding steroid dienone is 1. The van der Waals surface area contributed by atoms with Gasteiger partial charge in [-0.05, 0) is 45.0 Å². The van der Waals surface area contributed by atoms with E-state index in [0.717, 1.165) is 18.4 Å². The van der Waals surface area contributed by atoms with Crippen LogP contribution in [0.1, 0.15) is 19.8 Å². The Kier molecular flexibility index (Phi) is 5.85. The third kappa shape index (κ3) is 4.93. The number of urea groups is 1. The maximum absolute atomic E-state index is 12.5. The molecule has 2 aliphatic heterocycles. The van der Waals surface area contributed by atoms with Gasteiger partial charge in [0.15, 0.2) is 14.5 Å². The molecule has 3 rings (SSSR count). The maximum atomic E-state index is 12.5. The first-order valence-corrected chi connectivity index (χ1v) is 12.8. The number of hydrogen-bond acceptors (Lipinski definition) is 7. The van der Waals surface area contributed by atoms with Crippen LogP contribution in [0.4, 0.5) is 9.59 Å². The summed E-state index contributed by atoms with van der Waals surface area (Å²) in [5.74, 6) is 0. The molecule has 0 radical (unpaired) electrons. The van der Waals surface area contributed by atoms with Crippen molar-refractivity contribution in [2.24, 2.45) is 0 Å². The van der Waals surface area contributed by atoms with Crippen LogP contribution in [-0.4, -0.2) is 67.8 Å². The van der Waals surface area contributed by atoms with Crippen LogP contribution in [0.3, 0.4) is 0 Å². The van der Waals surface area contributed by atoms with Gasteiger partial charge in [-0.3, -0.25) is 4.90 Å². The molecule has 156 valence electrons. The zero-order chi connectivity index (χ0) is 20.6. The lowest BCUT2D eigenvalue weighted by Gasteiger charge is -2.35. The Morgan fingerprint density at radius 2 is 2.11 bits per heavy atom. The Balaban J connectivity index is 1.73. The van der Waals surface area contributed by atoms with Crippen LogP contribution >= 0.6 is 0 Å². The number of amides is 2. The van der Waals surface area contributed by atoms with E-state index in [0.29, 0.717) is 5.70 Å². The highest BCUT2D eigenvalue weighted by atomic mass is 28.4. The maximum Gasteiger partial charge on any atom is 0.508 e. The van der Waals surface area contributed by atoms with Crippen molar-refractivity contribution in [2.45, 2.75) is 70.1 Å². The van der Waals surface area contributed by atoms with Crippen molar-refractivity contribution < 1.29 is 33.3 Å². The first-order valence-electron chi connectivity index (χ1n) is 9.37. The third-order valence-electron chi connectivity index (χ3n) is 4.53. The lowest BCUT2D eigenvalue weighted by Crippen LogP contribution is -2.53. The highest BCUT2D eigenvalue weighted by molar-refractivity contribution is 6.69. The molecule has 0 aromatic carbocycles. The normalized spacial score (nSPS) is 30.8. The highest BCUT2D eigenvalue weighted by Gasteiger charge is 2.50. The number of hydrogen-bond donors (Lipinski definition) is 2. The van der Waals surface area contributed by atoms with E-state index < -0.39 is 45.0 Å². The van der Waals surface area contributed by atoms with Gasteiger partial charge in [0, 0.05) is 11.9 Å². The second-order valence-electron chi connectivity index (χ2n) is 8.26. The molecule has 9 nitrogen and oxygen atoms in total. The van der Waals surface area contributed by atoms with Gasteiger partial charge in [0.05, 0.1) is 0 Å². The fourth-order valence-electron chi connectivity index (χ4n) is 2.95. The summed E-state index contributed by atoms with van der Waals surface area (Å²) in [7, 11) is -2.08. The predicted octanol–water partition coefficient (Wildman–Crippen LogP) is 2.05. The van der Waals surface area contributed by atoms with E-state index in [2.05, 4.69) is 11.9 Å². The molecule has 1 unspecified atom stereocenters. The molecule has 4 atom stereocenters. The van der Waals surface area contributed by atoms with Crippen molar-refractivity contribution in [3.8, 4) is 0 Å². The van der Waals surface area contributed by atoms with Crippen LogP contribution in [0.2, 0.25) is 19.6 Å². The van der Waals surface area contributed by atoms with Crippen LogP contribution in [0.15, 0.2) is 24.0 Å². The van der Waals surface area contributed by atoms with Gasteiger partial charge in [0.25, 0.3) is 0 Å². The van der Waals surface area contributed by atoms with Gasteiger partial charge in [0.2, 0.25) is 0 Å². The van der Waals surface area contributed by atoms with Gasteiger partial charge < -0.3 is 29.1 Å². The van der Waals surface area contributed by atoms with Crippen LogP contribution in [-0.2, 0) is 18.6 Å². The van der Waals surface area contributed by atoms with E-state index in [9.17, 15) is 14.7 Å². The van der Waals surface area contributed by atoms with Crippen molar-refractivity contribution in [3.63, 3.8) is 0 Å². The van der Waals surface area contributed by atoms with Crippen LogP contribution in [0.25, 0.3) is 0 Å². The van der Waals surface area contributed by atoms with E-state index >= 15 is 0 Å². The Labute approximate surface area is 165 Å². The number of nitrogens with zero attached hydrogens (tertiary/aromatic N) is 1. The van der Waals surface area contributed by atoms with Gasteiger partial charge in [-0.2, -0.15) is 0 Å². The monoisotopic (exact) mass is 412 g/mol. The number of rotatable bonds is 6. The van der Waals surface area contributed by atoms with Gasteiger partial charge in [-0.25, -0.2) is 9.59 Å². The Morgan fingerprint density at radius 1 is 1.43 bits per heavy atom. The number of nitrogens with one attached hydrogen (secondary N) is 1. The molecule has 10 heteroatoms. The summed E-state index contributed by atoms with van der Waals surface area (Å²) in [5.41, 5.74) is 1.27. The van der Waals surface area contributed by atoms with Crippen molar-refractivity contribution in [1.82, 2.24) is 10.2 Å². The first-order chi connectivity index (χ1) is 13.0. The number of aliphatic hydroxyl groups is 1. The van der Waals surface area contributed by atoms with E-state index in [1.807, 2.05) is 26.6 Å². The molecule has 2 N–H and O–H groups in total. The standard InChI is InChI=1S/C18H28N2O7Si/c1-10-8-20(17(22)19-11(10)2)16-15(27-28(3,4)5)14(21)13(26-16)9-24-18(23)25-12-6-7-12/h8,12-16,21H,2,6-7,9H2,1,3-5H3,(H,19,22)/t13-,14-,15?,16-/m1/s1. The van der Waals surface area contributed by atoms with Crippen molar-refractivity contribution in [2.75, 3.05) is 6.61 Å². The Morgan fingerprint density at radius 3 is 2.71 bits per heavy atom. The molecule has 0 aromatic heterocycles. The minimum atomic E-state index is -2.08. The largest absolute Gasteiger partial charge is 0.508 e. The summed E-state index contributed by atoms with van der Waals surface area (Å²) in [6.45, 7) is 11.3. The van der Waals surface area contributed by atoms with Crippen LogP contribution in [0.5, 0.6) is 0 Å². The summed E-state index contributed by atoms with van der Waals surface area (Å²) in [4.78, 5) is 25.5. The number of carbonyl (C=O) groups excluding carboxylic acids is 2. The predicted molar refractivity (Wildman–Crippen MR) is 102 cm³/mol. The third-order valence-corrected chi connectivity index (χ3v) is 5.51. The van der Waals surface area contributed by atoms with Gasteiger partial charge in [0.1, 0.15) is 31.0 Å². The summed E-state index contributed by atoms with van der Waals surface area (Å²) in [5, 5.41) is 13.4. The number of carbonyl (C=O) groups is 2. The fraction of sp³-hybridized carbons (Fsp3) is 0.667. The minimum absolute atomic E-state index is 0.0732. The molecule has 2 fully saturated rings. The van der Waals surface area contributed by atoms with E-state index in [1.165, 1.54) is 4.90 Å². The molecule has 2 amide bonds. The quantitative estimate of drug-likeness (QED) is 0.508. The second-order valence-corrected chi connectivity index (χ2v) is 12.7. The average Bonchev–Trinajstić information content (AvgIpc) is 3.34. The fourth-order valence-corrected chi connectivity index (χ4v) is 4.02. The molecule has 2 heterocycles. The Bertz CT molecular complexity index is 686. The number of ether oxygens (including phenoxy) is 3. The summed E-state index contributed by atoms with van der Waals surface area (Å²) < 4.78 is 22.1. The first kappa shape index (κ1) is 20.8. The summed E-state index contributed by atoms with van der Waals surface area (Å²) >= 11 is 0. The average molecular weight is 413 g/mol. The van der Waals surface area contributed by atoms with Gasteiger partial charge in [-0.1, -0.05) is 6.58 Å². The molecule has 1 saturated heterocycles. The molecule has 0 aromatic rings. The molecule has 1 saturated carbocycles. The smallest absolute Gasteiger partial charge is 0.431 e. The van der Waals surface area contributed by atoms with E-state index in [4.69, 9.17) is 18.6 Å². The zero-order valence-corrected chi connectivity index (χ0v) is 17.6. The van der Waals surface area contributed by atoms with E-state index in [-0.39, 0.29) is 12.7 Å². The SMILES string of the molecule is C=C1NC(=O)N([C@@H]2O[C@H](COC(=O)OC3CC3)[C@@H](O)C2O[Si](C)(C)C)C=C1C. The zero-order valence-electron chi connectivity index (χ0n) is 16.6.